The fourth-order valence-electron chi connectivity index (χ4n) is 8.57. The summed E-state index contributed by atoms with van der Waals surface area (Å²) in [7, 11) is 0. The molecule has 3 heteroatoms. The SMILES string of the molecule is CCCN1C(=C/C=C2\CCCC(/C=C/C3=[N+](CCC)c4ccc5ccccc5c4C3(C)C)=C2Cl)C(C)(C)c2c1ccc1ccccc21. The number of rotatable bonds is 7. The molecule has 0 N–H and O–H groups in total. The lowest BCUT2D eigenvalue weighted by molar-refractivity contribution is -0.437. The molecule has 4 aromatic carbocycles. The van der Waals surface area contributed by atoms with Crippen LogP contribution in [0, 0.1) is 0 Å². The van der Waals surface area contributed by atoms with Crippen LogP contribution in [0.2, 0.25) is 0 Å². The van der Waals surface area contributed by atoms with Gasteiger partial charge in [0.1, 0.15) is 6.54 Å². The Bertz CT molecular complexity index is 2050. The van der Waals surface area contributed by atoms with E-state index >= 15 is 0 Å². The summed E-state index contributed by atoms with van der Waals surface area (Å²) < 4.78 is 2.54. The molecule has 2 heterocycles. The maximum absolute atomic E-state index is 7.29. The molecule has 0 aromatic heterocycles. The Morgan fingerprint density at radius 2 is 1.43 bits per heavy atom. The average molecular weight is 640 g/mol. The van der Waals surface area contributed by atoms with Gasteiger partial charge in [-0.3, -0.25) is 0 Å². The van der Waals surface area contributed by atoms with Crippen molar-refractivity contribution in [2.24, 2.45) is 0 Å². The number of anilines is 1. The predicted octanol–water partition coefficient (Wildman–Crippen LogP) is 12.0. The molecule has 0 saturated carbocycles. The lowest BCUT2D eigenvalue weighted by Gasteiger charge is -2.27. The van der Waals surface area contributed by atoms with E-state index in [-0.39, 0.29) is 10.8 Å². The molecular weight excluding hydrogens is 592 g/mol. The van der Waals surface area contributed by atoms with Gasteiger partial charge in [0.2, 0.25) is 5.69 Å². The Labute approximate surface area is 286 Å². The minimum atomic E-state index is -0.109. The van der Waals surface area contributed by atoms with Crippen LogP contribution in [-0.2, 0) is 10.8 Å². The molecule has 240 valence electrons. The predicted molar refractivity (Wildman–Crippen MR) is 204 cm³/mol. The minimum Gasteiger partial charge on any atom is -0.344 e. The van der Waals surface area contributed by atoms with Gasteiger partial charge < -0.3 is 4.90 Å². The van der Waals surface area contributed by atoms with E-state index in [9.17, 15) is 0 Å². The summed E-state index contributed by atoms with van der Waals surface area (Å²) in [5, 5.41) is 6.25. The highest BCUT2D eigenvalue weighted by Crippen LogP contribution is 2.51. The molecule has 47 heavy (non-hydrogen) atoms. The number of benzene rings is 4. The van der Waals surface area contributed by atoms with Crippen LogP contribution in [0.4, 0.5) is 11.4 Å². The zero-order valence-electron chi connectivity index (χ0n) is 29.0. The smallest absolute Gasteiger partial charge is 0.210 e. The van der Waals surface area contributed by atoms with Crippen molar-refractivity contribution in [1.82, 2.24) is 0 Å². The summed E-state index contributed by atoms with van der Waals surface area (Å²) in [6.45, 7) is 16.1. The van der Waals surface area contributed by atoms with Gasteiger partial charge in [-0.1, -0.05) is 106 Å². The van der Waals surface area contributed by atoms with Gasteiger partial charge in [-0.15, -0.1) is 0 Å². The van der Waals surface area contributed by atoms with Gasteiger partial charge in [-0.05, 0) is 96.0 Å². The van der Waals surface area contributed by atoms with Crippen LogP contribution in [0.1, 0.15) is 84.8 Å². The van der Waals surface area contributed by atoms with E-state index in [1.54, 1.807) is 0 Å². The van der Waals surface area contributed by atoms with Crippen molar-refractivity contribution >= 4 is 50.2 Å². The number of halogens is 1. The van der Waals surface area contributed by atoms with Crippen LogP contribution in [0.5, 0.6) is 0 Å². The zero-order chi connectivity index (χ0) is 32.9. The maximum Gasteiger partial charge on any atom is 0.210 e. The first-order valence-electron chi connectivity index (χ1n) is 17.6. The van der Waals surface area contributed by atoms with Crippen molar-refractivity contribution in [2.75, 3.05) is 18.0 Å². The van der Waals surface area contributed by atoms with E-state index in [1.165, 1.54) is 66.6 Å². The molecule has 2 aliphatic heterocycles. The Kier molecular flexibility index (Phi) is 8.29. The van der Waals surface area contributed by atoms with Gasteiger partial charge in [-0.2, -0.15) is 4.58 Å². The molecule has 2 nitrogen and oxygen atoms in total. The topological polar surface area (TPSA) is 6.25 Å². The number of allylic oxidation sites excluding steroid dienone is 8. The highest BCUT2D eigenvalue weighted by molar-refractivity contribution is 6.32. The monoisotopic (exact) mass is 639 g/mol. The van der Waals surface area contributed by atoms with E-state index in [2.05, 4.69) is 148 Å². The Balaban J connectivity index is 1.26. The standard InChI is InChI=1S/C44H48ClN2/c1-7-28-46-36-24-20-30-14-9-11-18-34(30)40(36)43(3,4)38(46)26-22-32-16-13-17-33(42(32)45)23-27-39-44(5,6)41-35-19-12-10-15-31(35)21-25-37(41)47(39)29-8-2/h9-12,14-15,18-27H,7-8,13,16-17,28-29H2,1-6H3/q+1. The van der Waals surface area contributed by atoms with Crippen LogP contribution in [0.3, 0.4) is 0 Å². The van der Waals surface area contributed by atoms with Crippen molar-refractivity contribution in [3.8, 4) is 0 Å². The summed E-state index contributed by atoms with van der Waals surface area (Å²) in [6, 6.07) is 26.8. The van der Waals surface area contributed by atoms with E-state index in [1.807, 2.05) is 0 Å². The van der Waals surface area contributed by atoms with Crippen molar-refractivity contribution in [3.05, 3.63) is 130 Å². The summed E-state index contributed by atoms with van der Waals surface area (Å²) >= 11 is 7.29. The number of hydrogen-bond donors (Lipinski definition) is 0. The molecule has 4 aromatic rings. The van der Waals surface area contributed by atoms with Crippen LogP contribution in [-0.4, -0.2) is 23.4 Å². The van der Waals surface area contributed by atoms with Gasteiger partial charge in [0.25, 0.3) is 0 Å². The minimum absolute atomic E-state index is 0.109. The zero-order valence-corrected chi connectivity index (χ0v) is 29.7. The second-order valence-corrected chi connectivity index (χ2v) is 14.9. The summed E-state index contributed by atoms with van der Waals surface area (Å²) in [4.78, 5) is 2.54. The lowest BCUT2D eigenvalue weighted by atomic mass is 9.78. The molecular formula is C44H48ClN2+. The molecule has 1 aliphatic carbocycles. The second-order valence-electron chi connectivity index (χ2n) is 14.6. The first-order valence-corrected chi connectivity index (χ1v) is 18.0. The molecule has 0 bridgehead atoms. The van der Waals surface area contributed by atoms with Gasteiger partial charge in [-0.25, -0.2) is 0 Å². The number of hydrogen-bond acceptors (Lipinski definition) is 1. The first kappa shape index (κ1) is 31.7. The average Bonchev–Trinajstić information content (AvgIpc) is 3.42. The largest absolute Gasteiger partial charge is 0.344 e. The quantitative estimate of drug-likeness (QED) is 0.182. The maximum atomic E-state index is 7.29. The Hall–Kier alpha value is -3.88. The third-order valence-electron chi connectivity index (χ3n) is 10.7. The van der Waals surface area contributed by atoms with Crippen molar-refractivity contribution in [2.45, 2.75) is 84.5 Å². The highest BCUT2D eigenvalue weighted by Gasteiger charge is 2.45. The molecule has 0 amide bonds. The first-order chi connectivity index (χ1) is 22.7. The lowest BCUT2D eigenvalue weighted by Crippen LogP contribution is -2.28. The third-order valence-corrected chi connectivity index (χ3v) is 11.2. The Morgan fingerprint density at radius 3 is 2.13 bits per heavy atom. The highest BCUT2D eigenvalue weighted by atomic mass is 35.5. The van der Waals surface area contributed by atoms with E-state index in [0.29, 0.717) is 0 Å². The van der Waals surface area contributed by atoms with Crippen LogP contribution >= 0.6 is 11.6 Å². The fraction of sp³-hybridized carbons (Fsp3) is 0.341. The second kappa shape index (κ2) is 12.3. The number of nitrogens with zero attached hydrogens (tertiary/aromatic N) is 2. The molecule has 0 fully saturated rings. The van der Waals surface area contributed by atoms with E-state index in [0.717, 1.165) is 50.2 Å². The van der Waals surface area contributed by atoms with Gasteiger partial charge >= 0.3 is 0 Å². The van der Waals surface area contributed by atoms with Crippen molar-refractivity contribution in [1.29, 1.82) is 0 Å². The number of fused-ring (bicyclic) bond motifs is 6. The van der Waals surface area contributed by atoms with Gasteiger partial charge in [0.05, 0.1) is 5.41 Å². The summed E-state index contributed by atoms with van der Waals surface area (Å²) in [5.41, 5.74) is 10.5. The molecule has 0 radical (unpaired) electrons. The van der Waals surface area contributed by atoms with Gasteiger partial charge in [0.15, 0.2) is 5.71 Å². The van der Waals surface area contributed by atoms with E-state index in [4.69, 9.17) is 11.6 Å². The van der Waals surface area contributed by atoms with Crippen molar-refractivity contribution < 1.29 is 4.58 Å². The molecule has 0 unspecified atom stereocenters. The molecule has 0 spiro atoms. The van der Waals surface area contributed by atoms with Crippen molar-refractivity contribution in [3.63, 3.8) is 0 Å². The summed E-state index contributed by atoms with van der Waals surface area (Å²) in [5.74, 6) is 0. The van der Waals surface area contributed by atoms with Crippen LogP contribution in [0.15, 0.2) is 119 Å². The van der Waals surface area contributed by atoms with Gasteiger partial charge in [0, 0.05) is 52.5 Å². The Morgan fingerprint density at radius 1 is 0.745 bits per heavy atom. The van der Waals surface area contributed by atoms with Crippen LogP contribution in [0.25, 0.3) is 21.5 Å². The molecule has 3 aliphatic rings. The molecule has 0 saturated heterocycles. The molecule has 7 rings (SSSR count). The molecule has 0 atom stereocenters. The van der Waals surface area contributed by atoms with E-state index < -0.39 is 0 Å². The third kappa shape index (κ3) is 5.21. The normalized spacial score (nSPS) is 20.4. The fourth-order valence-corrected chi connectivity index (χ4v) is 8.88. The summed E-state index contributed by atoms with van der Waals surface area (Å²) in [6.07, 6.45) is 14.7. The van der Waals surface area contributed by atoms with Crippen LogP contribution < -0.4 is 4.90 Å².